The molecule has 0 amide bonds. The zero-order valence-electron chi connectivity index (χ0n) is 11.7. The van der Waals surface area contributed by atoms with Gasteiger partial charge in [0.25, 0.3) is 0 Å². The Hall–Kier alpha value is -1.06. The van der Waals surface area contributed by atoms with Crippen molar-refractivity contribution in [3.8, 4) is 5.75 Å². The molecule has 0 spiro atoms. The first-order valence-electron chi connectivity index (χ1n) is 6.74. The molecule has 1 aromatic rings. The molecule has 102 valence electrons. The summed E-state index contributed by atoms with van der Waals surface area (Å²) in [6.07, 6.45) is 0.814. The van der Waals surface area contributed by atoms with Crippen LogP contribution in [0.4, 0.5) is 0 Å². The molecule has 0 aliphatic heterocycles. The summed E-state index contributed by atoms with van der Waals surface area (Å²) in [6.45, 7) is 9.08. The summed E-state index contributed by atoms with van der Waals surface area (Å²) in [5, 5.41) is 8.95. The quantitative estimate of drug-likeness (QED) is 0.771. The largest absolute Gasteiger partial charge is 0.494 e. The van der Waals surface area contributed by atoms with Gasteiger partial charge in [0.2, 0.25) is 0 Å². The third-order valence-electron chi connectivity index (χ3n) is 2.98. The molecule has 0 heterocycles. The van der Waals surface area contributed by atoms with E-state index in [1.165, 1.54) is 5.56 Å². The predicted molar refractivity (Wildman–Crippen MR) is 74.9 cm³/mol. The van der Waals surface area contributed by atoms with Crippen LogP contribution in [0.3, 0.4) is 0 Å². The highest BCUT2D eigenvalue weighted by atomic mass is 16.5. The summed E-state index contributed by atoms with van der Waals surface area (Å²) in [5.74, 6) is 0.967. The first-order valence-corrected chi connectivity index (χ1v) is 6.74. The molecule has 1 rings (SSSR count). The molecular formula is C15H25NO2. The molecule has 0 saturated heterocycles. The fraction of sp³-hybridized carbons (Fsp3) is 0.600. The van der Waals surface area contributed by atoms with Crippen molar-refractivity contribution in [2.45, 2.75) is 39.8 Å². The molecule has 1 aromatic carbocycles. The lowest BCUT2D eigenvalue weighted by atomic mass is 10.1. The number of aliphatic hydroxyl groups excluding tert-OH is 1. The average Bonchev–Trinajstić information content (AvgIpc) is 2.36. The number of rotatable bonds is 8. The second-order valence-corrected chi connectivity index (χ2v) is 4.68. The Morgan fingerprint density at radius 2 is 2.00 bits per heavy atom. The molecular weight excluding hydrogens is 226 g/mol. The van der Waals surface area contributed by atoms with Crippen molar-refractivity contribution in [3.63, 3.8) is 0 Å². The van der Waals surface area contributed by atoms with Gasteiger partial charge in [0.15, 0.2) is 0 Å². The number of ether oxygens (including phenoxy) is 1. The van der Waals surface area contributed by atoms with Gasteiger partial charge in [-0.25, -0.2) is 0 Å². The van der Waals surface area contributed by atoms with E-state index in [-0.39, 0.29) is 6.61 Å². The summed E-state index contributed by atoms with van der Waals surface area (Å²) in [7, 11) is 0. The molecule has 0 fully saturated rings. The predicted octanol–water partition coefficient (Wildman–Crippen LogP) is 2.68. The minimum Gasteiger partial charge on any atom is -0.494 e. The summed E-state index contributed by atoms with van der Waals surface area (Å²) in [4.78, 5) is 2.36. The number of hydrogen-bond donors (Lipinski definition) is 1. The maximum absolute atomic E-state index is 8.95. The van der Waals surface area contributed by atoms with Crippen LogP contribution < -0.4 is 4.74 Å². The van der Waals surface area contributed by atoms with Gasteiger partial charge in [-0.1, -0.05) is 18.2 Å². The second-order valence-electron chi connectivity index (χ2n) is 4.68. The van der Waals surface area contributed by atoms with Crippen molar-refractivity contribution in [2.24, 2.45) is 0 Å². The van der Waals surface area contributed by atoms with Crippen LogP contribution in [0, 0.1) is 0 Å². The van der Waals surface area contributed by atoms with E-state index in [1.54, 1.807) is 0 Å². The first-order chi connectivity index (χ1) is 8.69. The van der Waals surface area contributed by atoms with Gasteiger partial charge in [0, 0.05) is 31.3 Å². The van der Waals surface area contributed by atoms with Gasteiger partial charge in [-0.15, -0.1) is 0 Å². The smallest absolute Gasteiger partial charge is 0.123 e. The van der Waals surface area contributed by atoms with Crippen LogP contribution in [0.1, 0.15) is 32.8 Å². The Kier molecular flexibility index (Phi) is 6.76. The van der Waals surface area contributed by atoms with Gasteiger partial charge in [-0.2, -0.15) is 0 Å². The Bertz CT molecular complexity index is 339. The lowest BCUT2D eigenvalue weighted by molar-refractivity contribution is 0.182. The summed E-state index contributed by atoms with van der Waals surface area (Å²) in [6, 6.07) is 8.64. The SMILES string of the molecule is CCOc1ccccc1CN(CCCO)C(C)C. The third kappa shape index (κ3) is 4.67. The lowest BCUT2D eigenvalue weighted by Crippen LogP contribution is -2.31. The van der Waals surface area contributed by atoms with Gasteiger partial charge in [-0.05, 0) is 33.3 Å². The van der Waals surface area contributed by atoms with Crippen LogP contribution >= 0.6 is 0 Å². The van der Waals surface area contributed by atoms with Gasteiger partial charge in [0.1, 0.15) is 5.75 Å². The van der Waals surface area contributed by atoms with E-state index in [1.807, 2.05) is 25.1 Å². The molecule has 0 radical (unpaired) electrons. The van der Waals surface area contributed by atoms with E-state index in [2.05, 4.69) is 24.8 Å². The second kappa shape index (κ2) is 8.11. The third-order valence-corrected chi connectivity index (χ3v) is 2.98. The Morgan fingerprint density at radius 1 is 1.28 bits per heavy atom. The molecule has 0 aromatic heterocycles. The van der Waals surface area contributed by atoms with Crippen LogP contribution in [-0.4, -0.2) is 35.8 Å². The summed E-state index contributed by atoms with van der Waals surface area (Å²) >= 11 is 0. The molecule has 0 aliphatic carbocycles. The van der Waals surface area contributed by atoms with Crippen molar-refractivity contribution in [3.05, 3.63) is 29.8 Å². The lowest BCUT2D eigenvalue weighted by Gasteiger charge is -2.27. The highest BCUT2D eigenvalue weighted by Gasteiger charge is 2.12. The van der Waals surface area contributed by atoms with E-state index >= 15 is 0 Å². The fourth-order valence-electron chi connectivity index (χ4n) is 1.94. The number of benzene rings is 1. The molecule has 0 unspecified atom stereocenters. The van der Waals surface area contributed by atoms with Crippen molar-refractivity contribution < 1.29 is 9.84 Å². The van der Waals surface area contributed by atoms with E-state index in [0.29, 0.717) is 12.6 Å². The zero-order chi connectivity index (χ0) is 13.4. The van der Waals surface area contributed by atoms with Crippen LogP contribution in [0.2, 0.25) is 0 Å². The molecule has 3 nitrogen and oxygen atoms in total. The maximum Gasteiger partial charge on any atom is 0.123 e. The number of hydrogen-bond acceptors (Lipinski definition) is 3. The van der Waals surface area contributed by atoms with Crippen molar-refractivity contribution in [1.29, 1.82) is 0 Å². The molecule has 3 heteroatoms. The standard InChI is InChI=1S/C15H25NO2/c1-4-18-15-9-6-5-8-14(15)12-16(13(2)3)10-7-11-17/h5-6,8-9,13,17H,4,7,10-12H2,1-3H3. The molecule has 0 aliphatic rings. The van der Waals surface area contributed by atoms with Gasteiger partial charge in [0.05, 0.1) is 6.61 Å². The van der Waals surface area contributed by atoms with Crippen molar-refractivity contribution in [2.75, 3.05) is 19.8 Å². The summed E-state index contributed by atoms with van der Waals surface area (Å²) < 4.78 is 5.65. The van der Waals surface area contributed by atoms with Crippen LogP contribution in [0.15, 0.2) is 24.3 Å². The molecule has 1 N–H and O–H groups in total. The highest BCUT2D eigenvalue weighted by molar-refractivity contribution is 5.33. The van der Waals surface area contributed by atoms with Gasteiger partial charge in [-0.3, -0.25) is 4.90 Å². The van der Waals surface area contributed by atoms with Crippen LogP contribution in [-0.2, 0) is 6.54 Å². The highest BCUT2D eigenvalue weighted by Crippen LogP contribution is 2.20. The molecule has 18 heavy (non-hydrogen) atoms. The Morgan fingerprint density at radius 3 is 2.61 bits per heavy atom. The Balaban J connectivity index is 2.73. The number of aliphatic hydroxyl groups is 1. The molecule has 0 atom stereocenters. The average molecular weight is 251 g/mol. The Labute approximate surface area is 110 Å². The minimum absolute atomic E-state index is 0.246. The summed E-state index contributed by atoms with van der Waals surface area (Å²) in [5.41, 5.74) is 1.21. The first kappa shape index (κ1) is 15.0. The van der Waals surface area contributed by atoms with E-state index in [0.717, 1.165) is 25.3 Å². The van der Waals surface area contributed by atoms with E-state index < -0.39 is 0 Å². The van der Waals surface area contributed by atoms with Gasteiger partial charge >= 0.3 is 0 Å². The van der Waals surface area contributed by atoms with E-state index in [9.17, 15) is 0 Å². The minimum atomic E-state index is 0.246. The maximum atomic E-state index is 8.95. The molecule has 0 saturated carbocycles. The topological polar surface area (TPSA) is 32.7 Å². The van der Waals surface area contributed by atoms with Crippen LogP contribution in [0.5, 0.6) is 5.75 Å². The normalized spacial score (nSPS) is 11.2. The number of nitrogens with zero attached hydrogens (tertiary/aromatic N) is 1. The van der Waals surface area contributed by atoms with Crippen molar-refractivity contribution in [1.82, 2.24) is 4.90 Å². The number of para-hydroxylation sites is 1. The van der Waals surface area contributed by atoms with Crippen molar-refractivity contribution >= 4 is 0 Å². The van der Waals surface area contributed by atoms with Gasteiger partial charge < -0.3 is 9.84 Å². The molecule has 0 bridgehead atoms. The zero-order valence-corrected chi connectivity index (χ0v) is 11.7. The van der Waals surface area contributed by atoms with E-state index in [4.69, 9.17) is 9.84 Å². The monoisotopic (exact) mass is 251 g/mol. The van der Waals surface area contributed by atoms with Crippen LogP contribution in [0.25, 0.3) is 0 Å². The fourth-order valence-corrected chi connectivity index (χ4v) is 1.94.